The van der Waals surface area contributed by atoms with Crippen molar-refractivity contribution in [1.82, 2.24) is 4.98 Å². The van der Waals surface area contributed by atoms with Crippen molar-refractivity contribution in [2.75, 3.05) is 11.9 Å². The number of rotatable bonds is 8. The molecule has 0 spiro atoms. The average Bonchev–Trinajstić information content (AvgIpc) is 2.78. The summed E-state index contributed by atoms with van der Waals surface area (Å²) in [5.74, 6) is 0. The van der Waals surface area contributed by atoms with Crippen molar-refractivity contribution in [3.63, 3.8) is 0 Å². The lowest BCUT2D eigenvalue weighted by atomic mass is 10.0. The number of aromatic nitrogens is 1. The lowest BCUT2D eigenvalue weighted by Gasteiger charge is -2.15. The molecule has 0 aromatic carbocycles. The number of hydrogen-bond donors (Lipinski definition) is 2. The standard InChI is InChI=1S/C17H30N2/c1-3-5-7-10-14-15(11-8-6-4-2)19-16-12-9-13-18-17(14)16/h18-19H,3-13H2,1-2H3. The van der Waals surface area contributed by atoms with Gasteiger partial charge in [0.25, 0.3) is 0 Å². The van der Waals surface area contributed by atoms with Gasteiger partial charge in [0.15, 0.2) is 0 Å². The maximum atomic E-state index is 3.73. The Morgan fingerprint density at radius 1 is 0.947 bits per heavy atom. The highest BCUT2D eigenvalue weighted by molar-refractivity contribution is 5.60. The summed E-state index contributed by atoms with van der Waals surface area (Å²) in [5, 5.41) is 3.64. The molecule has 2 heterocycles. The van der Waals surface area contributed by atoms with Gasteiger partial charge in [-0.3, -0.25) is 0 Å². The van der Waals surface area contributed by atoms with Crippen LogP contribution < -0.4 is 5.32 Å². The summed E-state index contributed by atoms with van der Waals surface area (Å²) < 4.78 is 0. The number of aromatic amines is 1. The molecule has 0 bridgehead atoms. The predicted octanol–water partition coefficient (Wildman–Crippen LogP) is 4.84. The molecule has 0 unspecified atom stereocenters. The van der Waals surface area contributed by atoms with Gasteiger partial charge in [0, 0.05) is 17.9 Å². The van der Waals surface area contributed by atoms with Gasteiger partial charge < -0.3 is 10.3 Å². The van der Waals surface area contributed by atoms with Crippen LogP contribution in [-0.2, 0) is 19.3 Å². The fourth-order valence-electron chi connectivity index (χ4n) is 3.13. The van der Waals surface area contributed by atoms with E-state index in [2.05, 4.69) is 24.1 Å². The van der Waals surface area contributed by atoms with Crippen LogP contribution in [0.4, 0.5) is 5.69 Å². The van der Waals surface area contributed by atoms with E-state index in [-0.39, 0.29) is 0 Å². The maximum absolute atomic E-state index is 3.73. The molecule has 0 aliphatic carbocycles. The molecular weight excluding hydrogens is 232 g/mol. The average molecular weight is 262 g/mol. The van der Waals surface area contributed by atoms with E-state index in [0.29, 0.717) is 0 Å². The van der Waals surface area contributed by atoms with Crippen molar-refractivity contribution >= 4 is 5.69 Å². The van der Waals surface area contributed by atoms with Crippen LogP contribution in [-0.4, -0.2) is 11.5 Å². The van der Waals surface area contributed by atoms with Crippen molar-refractivity contribution in [3.8, 4) is 0 Å². The first-order chi connectivity index (χ1) is 9.36. The van der Waals surface area contributed by atoms with Gasteiger partial charge in [-0.1, -0.05) is 39.5 Å². The first-order valence-electron chi connectivity index (χ1n) is 8.33. The predicted molar refractivity (Wildman–Crippen MR) is 84.1 cm³/mol. The van der Waals surface area contributed by atoms with Crippen molar-refractivity contribution in [2.45, 2.75) is 78.1 Å². The van der Waals surface area contributed by atoms with E-state index in [1.807, 2.05) is 0 Å². The molecule has 0 amide bonds. The summed E-state index contributed by atoms with van der Waals surface area (Å²) in [7, 11) is 0. The van der Waals surface area contributed by atoms with Crippen LogP contribution in [0.1, 0.15) is 75.7 Å². The zero-order chi connectivity index (χ0) is 13.5. The number of hydrogen-bond acceptors (Lipinski definition) is 1. The third-order valence-corrected chi connectivity index (χ3v) is 4.24. The number of fused-ring (bicyclic) bond motifs is 1. The molecule has 1 aromatic heterocycles. The van der Waals surface area contributed by atoms with Crippen molar-refractivity contribution in [2.24, 2.45) is 0 Å². The fraction of sp³-hybridized carbons (Fsp3) is 0.765. The third-order valence-electron chi connectivity index (χ3n) is 4.24. The topological polar surface area (TPSA) is 27.8 Å². The summed E-state index contributed by atoms with van der Waals surface area (Å²) in [6.45, 7) is 5.72. The highest BCUT2D eigenvalue weighted by Crippen LogP contribution is 2.31. The van der Waals surface area contributed by atoms with E-state index in [4.69, 9.17) is 0 Å². The van der Waals surface area contributed by atoms with Gasteiger partial charge in [-0.05, 0) is 44.1 Å². The number of H-pyrrole nitrogens is 1. The van der Waals surface area contributed by atoms with Gasteiger partial charge in [-0.15, -0.1) is 0 Å². The summed E-state index contributed by atoms with van der Waals surface area (Å²) in [6.07, 6.45) is 13.0. The third kappa shape index (κ3) is 3.77. The fourth-order valence-corrected chi connectivity index (χ4v) is 3.13. The number of aryl methyl sites for hydroxylation is 2. The van der Waals surface area contributed by atoms with Crippen LogP contribution in [0.25, 0.3) is 0 Å². The Labute approximate surface area is 118 Å². The molecule has 1 aromatic rings. The first kappa shape index (κ1) is 14.5. The van der Waals surface area contributed by atoms with Crippen LogP contribution >= 0.6 is 0 Å². The lowest BCUT2D eigenvalue weighted by Crippen LogP contribution is -2.11. The Morgan fingerprint density at radius 2 is 1.68 bits per heavy atom. The van der Waals surface area contributed by atoms with Gasteiger partial charge in [0.1, 0.15) is 0 Å². The molecular formula is C17H30N2. The van der Waals surface area contributed by atoms with Gasteiger partial charge >= 0.3 is 0 Å². The Morgan fingerprint density at radius 3 is 2.42 bits per heavy atom. The molecule has 0 saturated heterocycles. The molecule has 2 nitrogen and oxygen atoms in total. The summed E-state index contributed by atoms with van der Waals surface area (Å²) in [4.78, 5) is 3.73. The number of unbranched alkanes of at least 4 members (excludes halogenated alkanes) is 4. The Hall–Kier alpha value is -0.920. The summed E-state index contributed by atoms with van der Waals surface area (Å²) in [6, 6.07) is 0. The van der Waals surface area contributed by atoms with E-state index in [1.165, 1.54) is 81.3 Å². The molecule has 108 valence electrons. The van der Waals surface area contributed by atoms with E-state index >= 15 is 0 Å². The van der Waals surface area contributed by atoms with Gasteiger partial charge in [0.2, 0.25) is 0 Å². The van der Waals surface area contributed by atoms with Crippen LogP contribution in [0, 0.1) is 0 Å². The van der Waals surface area contributed by atoms with Crippen LogP contribution in [0.5, 0.6) is 0 Å². The van der Waals surface area contributed by atoms with E-state index in [1.54, 1.807) is 5.56 Å². The van der Waals surface area contributed by atoms with Crippen LogP contribution in [0.2, 0.25) is 0 Å². The molecule has 2 N–H and O–H groups in total. The lowest BCUT2D eigenvalue weighted by molar-refractivity contribution is 0.688. The second kappa shape index (κ2) is 7.62. The smallest absolute Gasteiger partial charge is 0.0586 e. The Balaban J connectivity index is 2.07. The minimum atomic E-state index is 1.15. The van der Waals surface area contributed by atoms with E-state index in [9.17, 15) is 0 Å². The minimum Gasteiger partial charge on any atom is -0.383 e. The zero-order valence-electron chi connectivity index (χ0n) is 12.8. The molecule has 0 atom stereocenters. The zero-order valence-corrected chi connectivity index (χ0v) is 12.8. The Bertz CT molecular complexity index is 379. The SMILES string of the molecule is CCCCCc1[nH]c2c(c1CCCCC)NCCC2. The largest absolute Gasteiger partial charge is 0.383 e. The highest BCUT2D eigenvalue weighted by Gasteiger charge is 2.18. The van der Waals surface area contributed by atoms with Crippen molar-refractivity contribution in [3.05, 3.63) is 17.0 Å². The molecule has 19 heavy (non-hydrogen) atoms. The van der Waals surface area contributed by atoms with Crippen LogP contribution in [0.3, 0.4) is 0 Å². The molecule has 1 aliphatic rings. The molecule has 0 radical (unpaired) electrons. The molecule has 0 saturated carbocycles. The quantitative estimate of drug-likeness (QED) is 0.645. The van der Waals surface area contributed by atoms with E-state index in [0.717, 1.165) is 6.54 Å². The van der Waals surface area contributed by atoms with Crippen molar-refractivity contribution < 1.29 is 0 Å². The number of nitrogens with one attached hydrogen (secondary N) is 2. The Kier molecular flexibility index (Phi) is 5.81. The number of anilines is 1. The normalized spacial score (nSPS) is 14.2. The van der Waals surface area contributed by atoms with Gasteiger partial charge in [-0.2, -0.15) is 0 Å². The second-order valence-electron chi connectivity index (χ2n) is 5.88. The molecule has 2 rings (SSSR count). The molecule has 0 fully saturated rings. The van der Waals surface area contributed by atoms with Gasteiger partial charge in [0.05, 0.1) is 5.69 Å². The monoisotopic (exact) mass is 262 g/mol. The summed E-state index contributed by atoms with van der Waals surface area (Å²) in [5.41, 5.74) is 6.08. The molecule has 2 heteroatoms. The molecule has 1 aliphatic heterocycles. The second-order valence-corrected chi connectivity index (χ2v) is 5.88. The maximum Gasteiger partial charge on any atom is 0.0586 e. The minimum absolute atomic E-state index is 1.15. The van der Waals surface area contributed by atoms with Crippen LogP contribution in [0.15, 0.2) is 0 Å². The van der Waals surface area contributed by atoms with Gasteiger partial charge in [-0.25, -0.2) is 0 Å². The first-order valence-corrected chi connectivity index (χ1v) is 8.33. The summed E-state index contributed by atoms with van der Waals surface area (Å²) >= 11 is 0. The van der Waals surface area contributed by atoms with E-state index < -0.39 is 0 Å². The van der Waals surface area contributed by atoms with Crippen molar-refractivity contribution in [1.29, 1.82) is 0 Å². The highest BCUT2D eigenvalue weighted by atomic mass is 14.9.